The van der Waals surface area contributed by atoms with E-state index in [2.05, 4.69) is 25.2 Å². The van der Waals surface area contributed by atoms with Crippen LogP contribution in [-0.2, 0) is 0 Å². The molecule has 0 radical (unpaired) electrons. The summed E-state index contributed by atoms with van der Waals surface area (Å²) in [5, 5.41) is 3.43. The van der Waals surface area contributed by atoms with Gasteiger partial charge in [-0.25, -0.2) is 15.0 Å². The summed E-state index contributed by atoms with van der Waals surface area (Å²) < 4.78 is 0. The molecular formula is C13H16N6OS. The van der Waals surface area contributed by atoms with Crippen LogP contribution in [0.25, 0.3) is 0 Å². The van der Waals surface area contributed by atoms with E-state index in [0.717, 1.165) is 19.4 Å². The molecule has 1 fully saturated rings. The summed E-state index contributed by atoms with van der Waals surface area (Å²) in [6.45, 7) is 1.62. The van der Waals surface area contributed by atoms with Gasteiger partial charge in [-0.2, -0.15) is 0 Å². The molecule has 0 aromatic carbocycles. The third kappa shape index (κ3) is 3.27. The van der Waals surface area contributed by atoms with Crippen molar-refractivity contribution in [1.29, 1.82) is 0 Å². The molecule has 7 nitrogen and oxygen atoms in total. The van der Waals surface area contributed by atoms with Crippen LogP contribution >= 0.6 is 11.3 Å². The molecule has 1 amide bonds. The molecule has 2 aromatic heterocycles. The molecule has 1 aliphatic heterocycles. The first-order valence-corrected chi connectivity index (χ1v) is 7.58. The van der Waals surface area contributed by atoms with Gasteiger partial charge in [0.1, 0.15) is 4.88 Å². The summed E-state index contributed by atoms with van der Waals surface area (Å²) in [6, 6.07) is 1.87. The van der Waals surface area contributed by atoms with Crippen LogP contribution in [0.2, 0.25) is 0 Å². The molecule has 21 heavy (non-hydrogen) atoms. The lowest BCUT2D eigenvalue weighted by Crippen LogP contribution is -2.48. The summed E-state index contributed by atoms with van der Waals surface area (Å²) in [4.78, 5) is 27.2. The van der Waals surface area contributed by atoms with Gasteiger partial charge >= 0.3 is 0 Å². The number of carbonyl (C=O) groups excluding carboxylic acids is 1. The second-order valence-electron chi connectivity index (χ2n) is 4.87. The van der Waals surface area contributed by atoms with Gasteiger partial charge in [0.15, 0.2) is 5.13 Å². The quantitative estimate of drug-likeness (QED) is 0.875. The number of nitrogens with one attached hydrogen (secondary N) is 1. The van der Waals surface area contributed by atoms with Crippen LogP contribution in [0.5, 0.6) is 0 Å². The van der Waals surface area contributed by atoms with Crippen LogP contribution in [0, 0.1) is 0 Å². The molecule has 0 saturated carbocycles. The van der Waals surface area contributed by atoms with E-state index in [4.69, 9.17) is 5.73 Å². The zero-order valence-electron chi connectivity index (χ0n) is 11.4. The number of rotatable bonds is 3. The first-order chi connectivity index (χ1) is 10.2. The molecule has 1 aliphatic rings. The highest BCUT2D eigenvalue weighted by molar-refractivity contribution is 7.17. The first kappa shape index (κ1) is 13.7. The van der Waals surface area contributed by atoms with E-state index in [0.29, 0.717) is 22.5 Å². The standard InChI is InChI=1S/C13H16N6OS/c14-12-17-7-10(21-12)11(20)18-9-3-1-6-19(8-9)13-15-4-2-5-16-13/h2,4-5,7,9H,1,3,6,8H2,(H2,14,17)(H,18,20)/t9-/m1/s1. The number of amides is 1. The maximum absolute atomic E-state index is 12.1. The fraction of sp³-hybridized carbons (Fsp3) is 0.385. The van der Waals surface area contributed by atoms with Crippen molar-refractivity contribution in [1.82, 2.24) is 20.3 Å². The van der Waals surface area contributed by atoms with Crippen LogP contribution in [-0.4, -0.2) is 40.0 Å². The number of anilines is 2. The third-order valence-corrected chi connectivity index (χ3v) is 4.16. The predicted octanol–water partition coefficient (Wildman–Crippen LogP) is 0.914. The summed E-state index contributed by atoms with van der Waals surface area (Å²) in [5.74, 6) is 0.587. The number of piperidine rings is 1. The van der Waals surface area contributed by atoms with E-state index >= 15 is 0 Å². The largest absolute Gasteiger partial charge is 0.375 e. The molecule has 1 atom stereocenters. The van der Waals surface area contributed by atoms with Gasteiger partial charge in [0, 0.05) is 31.5 Å². The number of carbonyl (C=O) groups is 1. The van der Waals surface area contributed by atoms with Gasteiger partial charge in [0.05, 0.1) is 6.20 Å². The number of nitrogen functional groups attached to an aromatic ring is 1. The van der Waals surface area contributed by atoms with E-state index in [1.807, 2.05) is 0 Å². The Morgan fingerprint density at radius 3 is 2.90 bits per heavy atom. The van der Waals surface area contributed by atoms with Gasteiger partial charge in [0.2, 0.25) is 5.95 Å². The van der Waals surface area contributed by atoms with Gasteiger partial charge in [-0.3, -0.25) is 4.79 Å². The van der Waals surface area contributed by atoms with Gasteiger partial charge < -0.3 is 16.0 Å². The molecule has 3 N–H and O–H groups in total. The van der Waals surface area contributed by atoms with Crippen LogP contribution in [0.15, 0.2) is 24.7 Å². The number of aromatic nitrogens is 3. The van der Waals surface area contributed by atoms with Crippen LogP contribution in [0.1, 0.15) is 22.5 Å². The molecule has 1 saturated heterocycles. The number of hydrogen-bond acceptors (Lipinski definition) is 7. The molecule has 110 valence electrons. The molecule has 8 heteroatoms. The molecule has 0 aliphatic carbocycles. The average Bonchev–Trinajstić information content (AvgIpc) is 2.95. The maximum Gasteiger partial charge on any atom is 0.263 e. The van der Waals surface area contributed by atoms with Crippen molar-refractivity contribution in [2.24, 2.45) is 0 Å². The number of nitrogens with two attached hydrogens (primary N) is 1. The minimum atomic E-state index is -0.120. The monoisotopic (exact) mass is 304 g/mol. The zero-order chi connectivity index (χ0) is 14.7. The average molecular weight is 304 g/mol. The van der Waals surface area contributed by atoms with Gasteiger partial charge in [-0.05, 0) is 18.9 Å². The summed E-state index contributed by atoms with van der Waals surface area (Å²) in [6.07, 6.45) is 6.91. The fourth-order valence-electron chi connectivity index (χ4n) is 2.38. The van der Waals surface area contributed by atoms with Gasteiger partial charge in [-0.1, -0.05) is 11.3 Å². The summed E-state index contributed by atoms with van der Waals surface area (Å²) in [5.41, 5.74) is 5.55. The predicted molar refractivity (Wildman–Crippen MR) is 81.3 cm³/mol. The van der Waals surface area contributed by atoms with E-state index in [1.165, 1.54) is 17.5 Å². The second-order valence-corrected chi connectivity index (χ2v) is 5.93. The minimum absolute atomic E-state index is 0.0818. The van der Waals surface area contributed by atoms with Crippen molar-refractivity contribution in [3.63, 3.8) is 0 Å². The van der Waals surface area contributed by atoms with Gasteiger partial charge in [-0.15, -0.1) is 0 Å². The highest BCUT2D eigenvalue weighted by atomic mass is 32.1. The SMILES string of the molecule is Nc1ncc(C(=O)N[C@@H]2CCCN(c3ncccn3)C2)s1. The van der Waals surface area contributed by atoms with E-state index < -0.39 is 0 Å². The van der Waals surface area contributed by atoms with Crippen molar-refractivity contribution in [2.45, 2.75) is 18.9 Å². The van der Waals surface area contributed by atoms with Crippen LogP contribution < -0.4 is 16.0 Å². The Morgan fingerprint density at radius 1 is 1.38 bits per heavy atom. The molecule has 2 aromatic rings. The van der Waals surface area contributed by atoms with Gasteiger partial charge in [0.25, 0.3) is 5.91 Å². The highest BCUT2D eigenvalue weighted by Crippen LogP contribution is 2.17. The molecule has 3 heterocycles. The molecule has 0 bridgehead atoms. The Balaban J connectivity index is 1.62. The normalized spacial score (nSPS) is 18.5. The highest BCUT2D eigenvalue weighted by Gasteiger charge is 2.23. The van der Waals surface area contributed by atoms with Crippen LogP contribution in [0.3, 0.4) is 0 Å². The van der Waals surface area contributed by atoms with Crippen LogP contribution in [0.4, 0.5) is 11.1 Å². The summed E-state index contributed by atoms with van der Waals surface area (Å²) >= 11 is 1.20. The minimum Gasteiger partial charge on any atom is -0.375 e. The van der Waals surface area contributed by atoms with Crippen molar-refractivity contribution in [3.05, 3.63) is 29.5 Å². The van der Waals surface area contributed by atoms with E-state index in [-0.39, 0.29) is 11.9 Å². The lowest BCUT2D eigenvalue weighted by atomic mass is 10.1. The third-order valence-electron chi connectivity index (χ3n) is 3.34. The first-order valence-electron chi connectivity index (χ1n) is 6.76. The van der Waals surface area contributed by atoms with Crippen molar-refractivity contribution >= 4 is 28.3 Å². The number of thiazole rings is 1. The molecule has 0 spiro atoms. The van der Waals surface area contributed by atoms with E-state index in [1.54, 1.807) is 18.5 Å². The Labute approximate surface area is 126 Å². The topological polar surface area (TPSA) is 97.0 Å². The Bertz CT molecular complexity index is 616. The number of hydrogen-bond donors (Lipinski definition) is 2. The Morgan fingerprint density at radius 2 is 2.19 bits per heavy atom. The molecular weight excluding hydrogens is 288 g/mol. The Kier molecular flexibility index (Phi) is 3.96. The molecule has 0 unspecified atom stereocenters. The lowest BCUT2D eigenvalue weighted by Gasteiger charge is -2.32. The zero-order valence-corrected chi connectivity index (χ0v) is 12.2. The van der Waals surface area contributed by atoms with E-state index in [9.17, 15) is 4.79 Å². The Hall–Kier alpha value is -2.22. The van der Waals surface area contributed by atoms with Crippen molar-refractivity contribution < 1.29 is 4.79 Å². The second kappa shape index (κ2) is 6.04. The van der Waals surface area contributed by atoms with Crippen molar-refractivity contribution in [3.8, 4) is 0 Å². The van der Waals surface area contributed by atoms with Crippen molar-refractivity contribution in [2.75, 3.05) is 23.7 Å². The molecule has 3 rings (SSSR count). The number of nitrogens with zero attached hydrogens (tertiary/aromatic N) is 4. The smallest absolute Gasteiger partial charge is 0.263 e. The fourth-order valence-corrected chi connectivity index (χ4v) is 2.97. The maximum atomic E-state index is 12.1. The lowest BCUT2D eigenvalue weighted by molar-refractivity contribution is 0.0937. The summed E-state index contributed by atoms with van der Waals surface area (Å²) in [7, 11) is 0.